The van der Waals surface area contributed by atoms with Crippen molar-refractivity contribution >= 4 is 0 Å². The first-order valence-electron chi connectivity index (χ1n) is 7.43. The molecule has 2 rings (SSSR count). The van der Waals surface area contributed by atoms with Crippen LogP contribution in [0.25, 0.3) is 0 Å². The summed E-state index contributed by atoms with van der Waals surface area (Å²) in [5.74, 6) is 0. The topological polar surface area (TPSA) is 12.0 Å². The highest BCUT2D eigenvalue weighted by Crippen LogP contribution is 2.29. The van der Waals surface area contributed by atoms with Crippen LogP contribution in [-0.4, -0.2) is 6.54 Å². The monoisotopic (exact) mass is 307 g/mol. The number of halogens is 3. The Kier molecular flexibility index (Phi) is 5.61. The standard InChI is InChI=1S/C18H20F3N/c1-2-14-6-8-16(9-7-14)13-22-11-10-15-4-3-5-17(12-15)18(19,20)21/h3-9,12,22H,2,10-11,13H2,1H3. The molecule has 4 heteroatoms. The summed E-state index contributed by atoms with van der Waals surface area (Å²) in [6, 6.07) is 13.9. The molecule has 0 aliphatic carbocycles. The minimum Gasteiger partial charge on any atom is -0.312 e. The second-order valence-corrected chi connectivity index (χ2v) is 5.29. The van der Waals surface area contributed by atoms with Crippen molar-refractivity contribution in [3.63, 3.8) is 0 Å². The quantitative estimate of drug-likeness (QED) is 0.769. The lowest BCUT2D eigenvalue weighted by Gasteiger charge is -2.09. The summed E-state index contributed by atoms with van der Waals surface area (Å²) in [5, 5.41) is 3.26. The van der Waals surface area contributed by atoms with Gasteiger partial charge in [-0.15, -0.1) is 0 Å². The Bertz CT molecular complexity index is 588. The zero-order chi connectivity index (χ0) is 16.0. The van der Waals surface area contributed by atoms with Gasteiger partial charge < -0.3 is 5.32 Å². The fraction of sp³-hybridized carbons (Fsp3) is 0.333. The van der Waals surface area contributed by atoms with Crippen molar-refractivity contribution in [2.45, 2.75) is 32.5 Å². The Morgan fingerprint density at radius 1 is 0.909 bits per heavy atom. The first kappa shape index (κ1) is 16.6. The first-order chi connectivity index (χ1) is 10.5. The Hall–Kier alpha value is -1.81. The number of rotatable bonds is 6. The molecule has 0 spiro atoms. The van der Waals surface area contributed by atoms with E-state index in [1.165, 1.54) is 23.3 Å². The molecule has 0 aliphatic heterocycles. The van der Waals surface area contributed by atoms with E-state index in [0.717, 1.165) is 19.0 Å². The number of aryl methyl sites for hydroxylation is 1. The molecule has 0 saturated carbocycles. The maximum Gasteiger partial charge on any atom is 0.416 e. The molecule has 0 aliphatic rings. The molecule has 2 aromatic carbocycles. The van der Waals surface area contributed by atoms with Gasteiger partial charge in [0.1, 0.15) is 0 Å². The predicted octanol–water partition coefficient (Wildman–Crippen LogP) is 4.60. The number of alkyl halides is 3. The molecule has 0 unspecified atom stereocenters. The van der Waals surface area contributed by atoms with E-state index in [-0.39, 0.29) is 0 Å². The van der Waals surface area contributed by atoms with Crippen LogP contribution in [0.2, 0.25) is 0 Å². The molecule has 0 atom stereocenters. The van der Waals surface area contributed by atoms with Gasteiger partial charge in [0.15, 0.2) is 0 Å². The van der Waals surface area contributed by atoms with Crippen LogP contribution in [0.4, 0.5) is 13.2 Å². The van der Waals surface area contributed by atoms with E-state index >= 15 is 0 Å². The SMILES string of the molecule is CCc1ccc(CNCCc2cccc(C(F)(F)F)c2)cc1. The molecule has 1 N–H and O–H groups in total. The summed E-state index contributed by atoms with van der Waals surface area (Å²) < 4.78 is 37.9. The largest absolute Gasteiger partial charge is 0.416 e. The lowest BCUT2D eigenvalue weighted by atomic mass is 10.1. The average molecular weight is 307 g/mol. The van der Waals surface area contributed by atoms with Crippen molar-refractivity contribution in [1.29, 1.82) is 0 Å². The maximum absolute atomic E-state index is 12.6. The van der Waals surface area contributed by atoms with Crippen molar-refractivity contribution in [1.82, 2.24) is 5.32 Å². The zero-order valence-electron chi connectivity index (χ0n) is 12.6. The van der Waals surface area contributed by atoms with Crippen LogP contribution in [0.1, 0.15) is 29.2 Å². The second-order valence-electron chi connectivity index (χ2n) is 5.29. The summed E-state index contributed by atoms with van der Waals surface area (Å²) in [4.78, 5) is 0. The molecule has 118 valence electrons. The summed E-state index contributed by atoms with van der Waals surface area (Å²) in [6.45, 7) is 3.49. The first-order valence-corrected chi connectivity index (χ1v) is 7.43. The highest BCUT2D eigenvalue weighted by atomic mass is 19.4. The van der Waals surface area contributed by atoms with Crippen molar-refractivity contribution in [2.24, 2.45) is 0 Å². The number of hydrogen-bond acceptors (Lipinski definition) is 1. The van der Waals surface area contributed by atoms with Crippen LogP contribution in [-0.2, 0) is 25.6 Å². The molecule has 0 fully saturated rings. The molecule has 1 nitrogen and oxygen atoms in total. The van der Waals surface area contributed by atoms with Gasteiger partial charge in [0, 0.05) is 6.54 Å². The van der Waals surface area contributed by atoms with E-state index < -0.39 is 11.7 Å². The van der Waals surface area contributed by atoms with E-state index in [9.17, 15) is 13.2 Å². The molecule has 0 aromatic heterocycles. The molecule has 0 heterocycles. The smallest absolute Gasteiger partial charge is 0.312 e. The van der Waals surface area contributed by atoms with Crippen molar-refractivity contribution in [2.75, 3.05) is 6.54 Å². The minimum atomic E-state index is -4.27. The Morgan fingerprint density at radius 2 is 1.59 bits per heavy atom. The summed E-state index contributed by atoms with van der Waals surface area (Å²) in [5.41, 5.74) is 2.60. The van der Waals surface area contributed by atoms with Gasteiger partial charge in [-0.05, 0) is 42.1 Å². The molecule has 0 amide bonds. The lowest BCUT2D eigenvalue weighted by molar-refractivity contribution is -0.137. The van der Waals surface area contributed by atoms with E-state index in [2.05, 4.69) is 36.5 Å². The molecular formula is C18H20F3N. The molecular weight excluding hydrogens is 287 g/mol. The van der Waals surface area contributed by atoms with Gasteiger partial charge >= 0.3 is 6.18 Å². The lowest BCUT2D eigenvalue weighted by Crippen LogP contribution is -2.17. The summed E-state index contributed by atoms with van der Waals surface area (Å²) in [7, 11) is 0. The van der Waals surface area contributed by atoms with Crippen LogP contribution in [0.3, 0.4) is 0 Å². The van der Waals surface area contributed by atoms with Crippen molar-refractivity contribution < 1.29 is 13.2 Å². The number of hydrogen-bond donors (Lipinski definition) is 1. The predicted molar refractivity (Wildman–Crippen MR) is 82.7 cm³/mol. The normalized spacial score (nSPS) is 11.6. The number of nitrogens with one attached hydrogen (secondary N) is 1. The molecule has 0 bridgehead atoms. The highest BCUT2D eigenvalue weighted by molar-refractivity contribution is 5.26. The molecule has 0 radical (unpaired) electrons. The Labute approximate surface area is 129 Å². The van der Waals surface area contributed by atoms with Crippen molar-refractivity contribution in [3.8, 4) is 0 Å². The van der Waals surface area contributed by atoms with Gasteiger partial charge in [0.25, 0.3) is 0 Å². The van der Waals surface area contributed by atoms with Gasteiger partial charge in [-0.25, -0.2) is 0 Å². The summed E-state index contributed by atoms with van der Waals surface area (Å²) in [6.07, 6.45) is -2.68. The number of benzene rings is 2. The van der Waals surface area contributed by atoms with E-state index in [1.54, 1.807) is 6.07 Å². The highest BCUT2D eigenvalue weighted by Gasteiger charge is 2.30. The van der Waals surface area contributed by atoms with Gasteiger partial charge in [-0.2, -0.15) is 13.2 Å². The van der Waals surface area contributed by atoms with E-state index in [1.807, 2.05) is 0 Å². The van der Waals surface area contributed by atoms with Crippen LogP contribution in [0.15, 0.2) is 48.5 Å². The van der Waals surface area contributed by atoms with Gasteiger partial charge in [0.2, 0.25) is 0 Å². The maximum atomic E-state index is 12.6. The average Bonchev–Trinajstić information content (AvgIpc) is 2.52. The van der Waals surface area contributed by atoms with Gasteiger partial charge in [-0.3, -0.25) is 0 Å². The fourth-order valence-electron chi connectivity index (χ4n) is 2.26. The van der Waals surface area contributed by atoms with Crippen LogP contribution in [0.5, 0.6) is 0 Å². The third-order valence-electron chi connectivity index (χ3n) is 3.61. The Balaban J connectivity index is 1.81. The van der Waals surface area contributed by atoms with Gasteiger partial charge in [0.05, 0.1) is 5.56 Å². The third kappa shape index (κ3) is 4.88. The van der Waals surface area contributed by atoms with E-state index in [4.69, 9.17) is 0 Å². The minimum absolute atomic E-state index is 0.580. The third-order valence-corrected chi connectivity index (χ3v) is 3.61. The van der Waals surface area contributed by atoms with Crippen LogP contribution in [0, 0.1) is 0 Å². The second kappa shape index (κ2) is 7.45. The molecule has 0 saturated heterocycles. The molecule has 22 heavy (non-hydrogen) atoms. The van der Waals surface area contributed by atoms with Crippen LogP contribution < -0.4 is 5.32 Å². The fourth-order valence-corrected chi connectivity index (χ4v) is 2.26. The van der Waals surface area contributed by atoms with Crippen molar-refractivity contribution in [3.05, 3.63) is 70.8 Å². The van der Waals surface area contributed by atoms with Gasteiger partial charge in [-0.1, -0.05) is 49.4 Å². The zero-order valence-corrected chi connectivity index (χ0v) is 12.6. The summed E-state index contributed by atoms with van der Waals surface area (Å²) >= 11 is 0. The Morgan fingerprint density at radius 3 is 2.23 bits per heavy atom. The molecule has 2 aromatic rings. The van der Waals surface area contributed by atoms with Crippen LogP contribution >= 0.6 is 0 Å². The van der Waals surface area contributed by atoms with E-state index in [0.29, 0.717) is 18.5 Å².